The fourth-order valence-electron chi connectivity index (χ4n) is 8.75. The molecule has 1 atom stereocenters. The predicted octanol–water partition coefficient (Wildman–Crippen LogP) is 22.5. The summed E-state index contributed by atoms with van der Waals surface area (Å²) in [5.74, 6) is -0.910. The maximum atomic E-state index is 12.9. The summed E-state index contributed by atoms with van der Waals surface area (Å²) in [4.78, 5) is 38.2. The maximum absolute atomic E-state index is 12.9. The summed E-state index contributed by atoms with van der Waals surface area (Å²) >= 11 is 0. The smallest absolute Gasteiger partial charge is 0.306 e. The van der Waals surface area contributed by atoms with Crippen LogP contribution in [0.1, 0.15) is 290 Å². The van der Waals surface area contributed by atoms with Gasteiger partial charge in [0.2, 0.25) is 0 Å². The largest absolute Gasteiger partial charge is 0.462 e. The van der Waals surface area contributed by atoms with E-state index in [2.05, 4.69) is 154 Å². The van der Waals surface area contributed by atoms with E-state index < -0.39 is 6.10 Å². The Hall–Kier alpha value is -4.45. The van der Waals surface area contributed by atoms with Gasteiger partial charge in [0.15, 0.2) is 6.10 Å². The maximum Gasteiger partial charge on any atom is 0.306 e. The van der Waals surface area contributed by atoms with E-state index in [4.69, 9.17) is 14.2 Å². The van der Waals surface area contributed by atoms with Gasteiger partial charge >= 0.3 is 17.9 Å². The van der Waals surface area contributed by atoms with Crippen molar-refractivity contribution in [3.63, 3.8) is 0 Å². The van der Waals surface area contributed by atoms with Crippen molar-refractivity contribution in [3.05, 3.63) is 134 Å². The second-order valence-electron chi connectivity index (χ2n) is 21.3. The topological polar surface area (TPSA) is 78.9 Å². The van der Waals surface area contributed by atoms with E-state index in [-0.39, 0.29) is 31.1 Å². The zero-order valence-electron chi connectivity index (χ0n) is 51.3. The van der Waals surface area contributed by atoms with Crippen molar-refractivity contribution < 1.29 is 28.6 Å². The van der Waals surface area contributed by atoms with Crippen molar-refractivity contribution in [2.45, 2.75) is 297 Å². The third-order valence-corrected chi connectivity index (χ3v) is 13.6. The molecule has 0 bridgehead atoms. The Morgan fingerprint density at radius 2 is 0.506 bits per heavy atom. The van der Waals surface area contributed by atoms with Crippen LogP contribution in [0.5, 0.6) is 0 Å². The first-order chi connectivity index (χ1) is 39.0. The number of hydrogen-bond acceptors (Lipinski definition) is 6. The lowest BCUT2D eigenvalue weighted by molar-refractivity contribution is -0.167. The average Bonchev–Trinajstić information content (AvgIpc) is 3.45. The number of rotatable bonds is 58. The molecule has 0 aromatic rings. The van der Waals surface area contributed by atoms with Crippen LogP contribution >= 0.6 is 0 Å². The van der Waals surface area contributed by atoms with Gasteiger partial charge in [0.1, 0.15) is 13.2 Å². The number of ether oxygens (including phenoxy) is 3. The van der Waals surface area contributed by atoms with Gasteiger partial charge in [0, 0.05) is 19.3 Å². The van der Waals surface area contributed by atoms with Crippen molar-refractivity contribution in [1.29, 1.82) is 0 Å². The summed E-state index contributed by atoms with van der Waals surface area (Å²) in [6.07, 6.45) is 93.2. The number of allylic oxidation sites excluding steroid dienone is 22. The lowest BCUT2D eigenvalue weighted by atomic mass is 10.0. The van der Waals surface area contributed by atoms with E-state index in [1.165, 1.54) is 103 Å². The lowest BCUT2D eigenvalue weighted by Gasteiger charge is -2.18. The van der Waals surface area contributed by atoms with Crippen LogP contribution in [0.2, 0.25) is 0 Å². The van der Waals surface area contributed by atoms with Crippen molar-refractivity contribution in [2.75, 3.05) is 13.2 Å². The number of carbonyl (C=O) groups excluding carboxylic acids is 3. The summed E-state index contributed by atoms with van der Waals surface area (Å²) in [5.41, 5.74) is 0. The molecular formula is C73H120O6. The highest BCUT2D eigenvalue weighted by atomic mass is 16.6. The van der Waals surface area contributed by atoms with Crippen molar-refractivity contribution >= 4 is 17.9 Å². The van der Waals surface area contributed by atoms with Crippen molar-refractivity contribution in [1.82, 2.24) is 0 Å². The summed E-state index contributed by atoms with van der Waals surface area (Å²) < 4.78 is 16.9. The first kappa shape index (κ1) is 74.5. The van der Waals surface area contributed by atoms with Crippen LogP contribution in [0.15, 0.2) is 134 Å². The molecule has 0 aliphatic rings. The summed E-state index contributed by atoms with van der Waals surface area (Å²) in [7, 11) is 0. The number of hydrogen-bond donors (Lipinski definition) is 0. The van der Waals surface area contributed by atoms with Crippen LogP contribution < -0.4 is 0 Å². The molecule has 0 aliphatic heterocycles. The Labute approximate surface area is 487 Å². The van der Waals surface area contributed by atoms with E-state index in [1.807, 2.05) is 0 Å². The molecule has 448 valence electrons. The fourth-order valence-corrected chi connectivity index (χ4v) is 8.75. The minimum atomic E-state index is -0.792. The average molecular weight is 1090 g/mol. The Balaban J connectivity index is 4.24. The van der Waals surface area contributed by atoms with E-state index >= 15 is 0 Å². The SMILES string of the molecule is CC/C=C\C/C=C\C/C=C\C/C=C\C/C=C\C/C=C\C/C=C\C/C=C\C/C=C\CCCCCCCCCC(=O)OCC(COC(=O)CCCCCCCCCCCCCC)OC(=O)CCCCCCC/C=C\C/C=C\CCCC. The van der Waals surface area contributed by atoms with E-state index in [1.54, 1.807) is 0 Å². The van der Waals surface area contributed by atoms with Gasteiger partial charge in [0.05, 0.1) is 0 Å². The molecule has 1 unspecified atom stereocenters. The summed E-state index contributed by atoms with van der Waals surface area (Å²) in [6, 6.07) is 0. The molecule has 79 heavy (non-hydrogen) atoms. The van der Waals surface area contributed by atoms with Crippen LogP contribution in [-0.4, -0.2) is 37.2 Å². The molecule has 0 aromatic carbocycles. The molecule has 0 fully saturated rings. The highest BCUT2D eigenvalue weighted by Crippen LogP contribution is 2.15. The molecule has 0 amide bonds. The number of esters is 3. The van der Waals surface area contributed by atoms with E-state index in [0.29, 0.717) is 19.3 Å². The van der Waals surface area contributed by atoms with Gasteiger partial charge in [-0.05, 0) is 116 Å². The van der Waals surface area contributed by atoms with Crippen LogP contribution in [0.4, 0.5) is 0 Å². The summed E-state index contributed by atoms with van der Waals surface area (Å²) in [5, 5.41) is 0. The van der Waals surface area contributed by atoms with Crippen molar-refractivity contribution in [2.24, 2.45) is 0 Å². The molecule has 0 aromatic heterocycles. The monoisotopic (exact) mass is 1090 g/mol. The Kier molecular flexibility index (Phi) is 62.3. The standard InChI is InChI=1S/C73H120O6/c1-4-7-10-13-16-19-22-25-27-28-29-30-31-32-33-34-35-36-37-38-39-40-41-42-43-44-45-46-47-49-51-54-57-60-63-66-72(75)78-69-70(68-77-71(74)65-62-59-56-53-50-24-21-18-15-12-9-6-3)79-73(76)67-64-61-58-55-52-48-26-23-20-17-14-11-8-5-2/h7,10,14,16-17,19,23,25-27,29-30,32-33,35-36,38-39,41-42,44-45,70H,4-6,8-9,11-13,15,18,20-22,24,28,31,34,37,40,43,46-69H2,1-3H3/b10-7-,17-14-,19-16-,26-23-,27-25-,30-29-,33-32-,36-35-,39-38-,42-41-,45-44-. The van der Waals surface area contributed by atoms with Gasteiger partial charge in [0.25, 0.3) is 0 Å². The van der Waals surface area contributed by atoms with Crippen LogP contribution in [0, 0.1) is 0 Å². The van der Waals surface area contributed by atoms with E-state index in [0.717, 1.165) is 148 Å². The predicted molar refractivity (Wildman–Crippen MR) is 343 cm³/mol. The van der Waals surface area contributed by atoms with Gasteiger partial charge in [-0.1, -0.05) is 289 Å². The Bertz CT molecular complexity index is 1680. The van der Waals surface area contributed by atoms with Gasteiger partial charge in [-0.15, -0.1) is 0 Å². The molecule has 0 saturated carbocycles. The highest BCUT2D eigenvalue weighted by molar-refractivity contribution is 5.71. The molecule has 0 rings (SSSR count). The molecule has 6 nitrogen and oxygen atoms in total. The minimum absolute atomic E-state index is 0.0872. The van der Waals surface area contributed by atoms with Gasteiger partial charge in [-0.3, -0.25) is 14.4 Å². The molecular weight excluding hydrogens is 973 g/mol. The molecule has 0 aliphatic carbocycles. The molecule has 0 saturated heterocycles. The first-order valence-corrected chi connectivity index (χ1v) is 32.7. The zero-order valence-corrected chi connectivity index (χ0v) is 51.3. The third kappa shape index (κ3) is 64.3. The Morgan fingerprint density at radius 3 is 0.810 bits per heavy atom. The lowest BCUT2D eigenvalue weighted by Crippen LogP contribution is -2.30. The van der Waals surface area contributed by atoms with Crippen molar-refractivity contribution in [3.8, 4) is 0 Å². The van der Waals surface area contributed by atoms with Gasteiger partial charge in [-0.25, -0.2) is 0 Å². The zero-order chi connectivity index (χ0) is 57.1. The quantitative estimate of drug-likeness (QED) is 0.0261. The van der Waals surface area contributed by atoms with Gasteiger partial charge in [-0.2, -0.15) is 0 Å². The molecule has 0 N–H and O–H groups in total. The Morgan fingerprint density at radius 1 is 0.266 bits per heavy atom. The molecule has 6 heteroatoms. The van der Waals surface area contributed by atoms with Crippen LogP contribution in [-0.2, 0) is 28.6 Å². The molecule has 0 spiro atoms. The molecule has 0 heterocycles. The van der Waals surface area contributed by atoms with E-state index in [9.17, 15) is 14.4 Å². The normalized spacial score (nSPS) is 13.0. The number of carbonyl (C=O) groups is 3. The van der Waals surface area contributed by atoms with Gasteiger partial charge < -0.3 is 14.2 Å². The second-order valence-corrected chi connectivity index (χ2v) is 21.3. The third-order valence-electron chi connectivity index (χ3n) is 13.6. The second kappa shape index (κ2) is 66.1. The fraction of sp³-hybridized carbons (Fsp3) is 0.658. The van der Waals surface area contributed by atoms with Crippen LogP contribution in [0.3, 0.4) is 0 Å². The highest BCUT2D eigenvalue weighted by Gasteiger charge is 2.19. The first-order valence-electron chi connectivity index (χ1n) is 32.7. The van der Waals surface area contributed by atoms with Crippen LogP contribution in [0.25, 0.3) is 0 Å². The minimum Gasteiger partial charge on any atom is -0.462 e. The number of unbranched alkanes of at least 4 members (excludes halogenated alkanes) is 25. The molecule has 0 radical (unpaired) electrons. The summed E-state index contributed by atoms with van der Waals surface area (Å²) in [6.45, 7) is 6.47.